The molecule has 0 bridgehead atoms. The molecule has 0 atom stereocenters. The fraction of sp³-hybridized carbons (Fsp3) is 0.375. The molecular weight excluding hydrogens is 408 g/mol. The Balaban J connectivity index is 1.22. The molecule has 4 rings (SSSR count). The van der Waals surface area contributed by atoms with Crippen LogP contribution >= 0.6 is 0 Å². The lowest BCUT2D eigenvalue weighted by Crippen LogP contribution is -2.36. The quantitative estimate of drug-likeness (QED) is 0.579. The van der Waals surface area contributed by atoms with E-state index in [1.54, 1.807) is 12.1 Å². The van der Waals surface area contributed by atoms with E-state index in [1.807, 2.05) is 38.1 Å². The predicted octanol–water partition coefficient (Wildman–Crippen LogP) is 3.39. The van der Waals surface area contributed by atoms with E-state index in [-0.39, 0.29) is 18.4 Å². The number of nitrogens with zero attached hydrogens (tertiary/aromatic N) is 3. The summed E-state index contributed by atoms with van der Waals surface area (Å²) in [6.45, 7) is 7.76. The Morgan fingerprint density at radius 2 is 1.81 bits per heavy atom. The van der Waals surface area contributed by atoms with Gasteiger partial charge in [-0.1, -0.05) is 31.1 Å². The van der Waals surface area contributed by atoms with Crippen LogP contribution in [-0.4, -0.2) is 49.0 Å². The standard InChI is InChI=1S/C24H28N4O4/c1-17(2)23-26-24(32-27-23)19-5-9-21(10-6-19)31-16-22(29)25-15-18-3-7-20(8-4-18)28-11-13-30-14-12-28/h3-10,17H,11-16H2,1-2H3,(H,25,29). The molecule has 8 heteroatoms. The first-order chi connectivity index (χ1) is 15.6. The first kappa shape index (κ1) is 21.8. The van der Waals surface area contributed by atoms with E-state index in [2.05, 4.69) is 32.5 Å². The minimum absolute atomic E-state index is 0.0523. The van der Waals surface area contributed by atoms with Gasteiger partial charge in [-0.05, 0) is 42.0 Å². The van der Waals surface area contributed by atoms with Crippen molar-refractivity contribution in [1.82, 2.24) is 15.5 Å². The molecule has 1 N–H and O–H groups in total. The Morgan fingerprint density at radius 3 is 2.47 bits per heavy atom. The van der Waals surface area contributed by atoms with Gasteiger partial charge in [0.2, 0.25) is 0 Å². The smallest absolute Gasteiger partial charge is 0.258 e. The van der Waals surface area contributed by atoms with Crippen LogP contribution in [-0.2, 0) is 16.1 Å². The monoisotopic (exact) mass is 436 g/mol. The van der Waals surface area contributed by atoms with Gasteiger partial charge in [-0.25, -0.2) is 0 Å². The number of anilines is 1. The highest BCUT2D eigenvalue weighted by Gasteiger charge is 2.12. The Morgan fingerprint density at radius 1 is 1.09 bits per heavy atom. The van der Waals surface area contributed by atoms with Gasteiger partial charge in [-0.3, -0.25) is 4.79 Å². The van der Waals surface area contributed by atoms with Crippen molar-refractivity contribution in [3.05, 3.63) is 59.9 Å². The van der Waals surface area contributed by atoms with Crippen LogP contribution in [0.25, 0.3) is 11.5 Å². The molecule has 0 unspecified atom stereocenters. The van der Waals surface area contributed by atoms with Crippen molar-refractivity contribution in [3.63, 3.8) is 0 Å². The zero-order chi connectivity index (χ0) is 22.3. The highest BCUT2D eigenvalue weighted by molar-refractivity contribution is 5.77. The van der Waals surface area contributed by atoms with Crippen LogP contribution in [0, 0.1) is 0 Å². The summed E-state index contributed by atoms with van der Waals surface area (Å²) in [6.07, 6.45) is 0. The van der Waals surface area contributed by atoms with Gasteiger partial charge in [0.25, 0.3) is 11.8 Å². The average molecular weight is 437 g/mol. The Bertz CT molecular complexity index is 1010. The van der Waals surface area contributed by atoms with Crippen molar-refractivity contribution >= 4 is 11.6 Å². The number of rotatable bonds is 8. The summed E-state index contributed by atoms with van der Waals surface area (Å²) in [4.78, 5) is 18.8. The van der Waals surface area contributed by atoms with Crippen molar-refractivity contribution in [3.8, 4) is 17.2 Å². The lowest BCUT2D eigenvalue weighted by molar-refractivity contribution is -0.123. The summed E-state index contributed by atoms with van der Waals surface area (Å²) in [5.41, 5.74) is 3.03. The van der Waals surface area contributed by atoms with Gasteiger partial charge in [0.15, 0.2) is 12.4 Å². The van der Waals surface area contributed by atoms with E-state index in [0.29, 0.717) is 24.0 Å². The van der Waals surface area contributed by atoms with Gasteiger partial charge in [-0.2, -0.15) is 4.98 Å². The molecule has 1 saturated heterocycles. The number of carbonyl (C=O) groups is 1. The summed E-state index contributed by atoms with van der Waals surface area (Å²) in [7, 11) is 0. The normalized spacial score (nSPS) is 13.9. The molecular formula is C24H28N4O4. The molecule has 8 nitrogen and oxygen atoms in total. The highest BCUT2D eigenvalue weighted by Crippen LogP contribution is 2.22. The third-order valence-corrected chi connectivity index (χ3v) is 5.23. The van der Waals surface area contributed by atoms with Gasteiger partial charge in [-0.15, -0.1) is 0 Å². The second-order valence-corrected chi connectivity index (χ2v) is 7.97. The lowest BCUT2D eigenvalue weighted by Gasteiger charge is -2.28. The van der Waals surface area contributed by atoms with E-state index < -0.39 is 0 Å². The fourth-order valence-corrected chi connectivity index (χ4v) is 3.33. The lowest BCUT2D eigenvalue weighted by atomic mass is 10.2. The summed E-state index contributed by atoms with van der Waals surface area (Å²) in [5, 5.41) is 6.86. The maximum Gasteiger partial charge on any atom is 0.258 e. The molecule has 0 radical (unpaired) electrons. The van der Waals surface area contributed by atoms with Crippen molar-refractivity contribution in [2.45, 2.75) is 26.3 Å². The molecule has 2 heterocycles. The Labute approximate surface area is 187 Å². The zero-order valence-electron chi connectivity index (χ0n) is 18.4. The number of amides is 1. The number of aromatic nitrogens is 2. The molecule has 3 aromatic rings. The Hall–Kier alpha value is -3.39. The summed E-state index contributed by atoms with van der Waals surface area (Å²) >= 11 is 0. The van der Waals surface area contributed by atoms with E-state index in [1.165, 1.54) is 5.69 Å². The second kappa shape index (κ2) is 10.3. The van der Waals surface area contributed by atoms with Crippen LogP contribution in [0.1, 0.15) is 31.2 Å². The van der Waals surface area contributed by atoms with Gasteiger partial charge in [0, 0.05) is 36.8 Å². The number of hydrogen-bond donors (Lipinski definition) is 1. The third kappa shape index (κ3) is 5.64. The van der Waals surface area contributed by atoms with E-state index in [4.69, 9.17) is 14.0 Å². The third-order valence-electron chi connectivity index (χ3n) is 5.23. The molecule has 168 valence electrons. The van der Waals surface area contributed by atoms with Crippen LogP contribution in [0.5, 0.6) is 5.75 Å². The molecule has 1 aromatic heterocycles. The highest BCUT2D eigenvalue weighted by atomic mass is 16.5. The van der Waals surface area contributed by atoms with Crippen molar-refractivity contribution in [2.75, 3.05) is 37.8 Å². The van der Waals surface area contributed by atoms with Gasteiger partial charge >= 0.3 is 0 Å². The number of nitrogens with one attached hydrogen (secondary N) is 1. The number of hydrogen-bond acceptors (Lipinski definition) is 7. The van der Waals surface area contributed by atoms with Crippen LogP contribution in [0.3, 0.4) is 0 Å². The molecule has 0 spiro atoms. The first-order valence-electron chi connectivity index (χ1n) is 10.8. The topological polar surface area (TPSA) is 89.7 Å². The predicted molar refractivity (Wildman–Crippen MR) is 121 cm³/mol. The van der Waals surface area contributed by atoms with Crippen molar-refractivity contribution in [2.24, 2.45) is 0 Å². The second-order valence-electron chi connectivity index (χ2n) is 7.97. The number of benzene rings is 2. The molecule has 2 aromatic carbocycles. The van der Waals surface area contributed by atoms with Gasteiger partial charge in [0.05, 0.1) is 13.2 Å². The summed E-state index contributed by atoms with van der Waals surface area (Å²) < 4.78 is 16.3. The van der Waals surface area contributed by atoms with Crippen LogP contribution in [0.15, 0.2) is 53.1 Å². The van der Waals surface area contributed by atoms with E-state index >= 15 is 0 Å². The van der Waals surface area contributed by atoms with Crippen molar-refractivity contribution < 1.29 is 18.8 Å². The molecule has 1 fully saturated rings. The molecule has 32 heavy (non-hydrogen) atoms. The molecule has 1 aliphatic rings. The number of carbonyl (C=O) groups excluding carboxylic acids is 1. The Kier molecular flexibility index (Phi) is 7.01. The number of ether oxygens (including phenoxy) is 2. The first-order valence-corrected chi connectivity index (χ1v) is 10.8. The van der Waals surface area contributed by atoms with Crippen molar-refractivity contribution in [1.29, 1.82) is 0 Å². The van der Waals surface area contributed by atoms with Gasteiger partial charge in [0.1, 0.15) is 5.75 Å². The SMILES string of the molecule is CC(C)c1noc(-c2ccc(OCC(=O)NCc3ccc(N4CCOCC4)cc3)cc2)n1. The van der Waals surface area contributed by atoms with Crippen LogP contribution in [0.4, 0.5) is 5.69 Å². The molecule has 0 aliphatic carbocycles. The maximum absolute atomic E-state index is 12.2. The fourth-order valence-electron chi connectivity index (χ4n) is 3.33. The maximum atomic E-state index is 12.2. The van der Waals surface area contributed by atoms with Crippen LogP contribution in [0.2, 0.25) is 0 Å². The minimum Gasteiger partial charge on any atom is -0.484 e. The zero-order valence-corrected chi connectivity index (χ0v) is 18.4. The van der Waals surface area contributed by atoms with E-state index in [9.17, 15) is 4.79 Å². The average Bonchev–Trinajstić information content (AvgIpc) is 3.33. The molecule has 1 amide bonds. The number of morpholine rings is 1. The molecule has 0 saturated carbocycles. The van der Waals surface area contributed by atoms with Crippen LogP contribution < -0.4 is 15.0 Å². The minimum atomic E-state index is -0.176. The molecule has 1 aliphatic heterocycles. The summed E-state index contributed by atoms with van der Waals surface area (Å²) in [6, 6.07) is 15.5. The van der Waals surface area contributed by atoms with Gasteiger partial charge < -0.3 is 24.2 Å². The largest absolute Gasteiger partial charge is 0.484 e. The summed E-state index contributed by atoms with van der Waals surface area (Å²) in [5.74, 6) is 1.77. The van der Waals surface area contributed by atoms with E-state index in [0.717, 1.165) is 37.4 Å².